The molecule has 1 unspecified atom stereocenters. The minimum Gasteiger partial charge on any atom is -0.346 e. The number of nitrogens with zero attached hydrogens (tertiary/aromatic N) is 3. The molecule has 0 fully saturated rings. The van der Waals surface area contributed by atoms with Crippen molar-refractivity contribution in [2.24, 2.45) is 0 Å². The molecule has 2 aromatic heterocycles. The molecule has 5 nitrogen and oxygen atoms in total. The summed E-state index contributed by atoms with van der Waals surface area (Å²) in [5, 5.41) is 11.2. The monoisotopic (exact) mass is 332 g/mol. The Morgan fingerprint density at radius 3 is 2.91 bits per heavy atom. The maximum Gasteiger partial charge on any atom is 0.225 e. The number of rotatable bonds is 4. The zero-order valence-corrected chi connectivity index (χ0v) is 13.1. The van der Waals surface area contributed by atoms with E-state index in [4.69, 9.17) is 11.6 Å². The highest BCUT2D eigenvalue weighted by Crippen LogP contribution is 2.20. The van der Waals surface area contributed by atoms with Gasteiger partial charge in [-0.15, -0.1) is 10.2 Å². The van der Waals surface area contributed by atoms with Gasteiger partial charge in [0.1, 0.15) is 5.82 Å². The Kier molecular flexibility index (Phi) is 4.25. The van der Waals surface area contributed by atoms with Crippen molar-refractivity contribution in [1.82, 2.24) is 19.9 Å². The number of fused-ring (bicyclic) bond motifs is 1. The summed E-state index contributed by atoms with van der Waals surface area (Å²) >= 11 is 5.94. The van der Waals surface area contributed by atoms with Crippen LogP contribution in [0.1, 0.15) is 24.4 Å². The highest BCUT2D eigenvalue weighted by molar-refractivity contribution is 6.31. The maximum absolute atomic E-state index is 13.7. The Labute approximate surface area is 137 Å². The maximum atomic E-state index is 13.7. The number of pyridine rings is 1. The largest absolute Gasteiger partial charge is 0.346 e. The minimum atomic E-state index is -0.492. The van der Waals surface area contributed by atoms with Gasteiger partial charge in [0.2, 0.25) is 5.91 Å². The molecule has 0 saturated heterocycles. The van der Waals surface area contributed by atoms with Gasteiger partial charge < -0.3 is 5.32 Å². The summed E-state index contributed by atoms with van der Waals surface area (Å²) < 4.78 is 15.5. The van der Waals surface area contributed by atoms with Gasteiger partial charge in [0.25, 0.3) is 0 Å². The summed E-state index contributed by atoms with van der Waals surface area (Å²) in [6, 6.07) is 9.51. The van der Waals surface area contributed by atoms with E-state index in [1.807, 2.05) is 24.4 Å². The second-order valence-electron chi connectivity index (χ2n) is 5.15. The van der Waals surface area contributed by atoms with Gasteiger partial charge in [0.15, 0.2) is 11.5 Å². The Hall–Kier alpha value is -2.47. The first-order chi connectivity index (χ1) is 11.1. The first-order valence-electron chi connectivity index (χ1n) is 7.08. The molecule has 0 saturated carbocycles. The quantitative estimate of drug-likeness (QED) is 0.799. The van der Waals surface area contributed by atoms with Crippen LogP contribution in [0.2, 0.25) is 5.02 Å². The van der Waals surface area contributed by atoms with Crippen molar-refractivity contribution in [3.63, 3.8) is 0 Å². The predicted molar refractivity (Wildman–Crippen MR) is 84.7 cm³/mol. The fourth-order valence-electron chi connectivity index (χ4n) is 2.37. The molecular weight excluding hydrogens is 319 g/mol. The Balaban J connectivity index is 1.75. The summed E-state index contributed by atoms with van der Waals surface area (Å²) in [5.41, 5.74) is 0.880. The van der Waals surface area contributed by atoms with E-state index in [-0.39, 0.29) is 29.0 Å². The van der Waals surface area contributed by atoms with Gasteiger partial charge in [-0.2, -0.15) is 0 Å². The molecule has 0 bridgehead atoms. The minimum absolute atomic E-state index is 0.132. The van der Waals surface area contributed by atoms with E-state index < -0.39 is 5.82 Å². The molecule has 1 amide bonds. The molecule has 1 aromatic carbocycles. The molecule has 3 aromatic rings. The molecule has 0 aliphatic rings. The lowest BCUT2D eigenvalue weighted by Crippen LogP contribution is -2.29. The van der Waals surface area contributed by atoms with Gasteiger partial charge in [0.05, 0.1) is 12.5 Å². The van der Waals surface area contributed by atoms with Crippen molar-refractivity contribution >= 4 is 23.2 Å². The van der Waals surface area contributed by atoms with Crippen molar-refractivity contribution in [3.05, 3.63) is 64.8 Å². The summed E-state index contributed by atoms with van der Waals surface area (Å²) in [7, 11) is 0. The van der Waals surface area contributed by atoms with E-state index in [2.05, 4.69) is 15.5 Å². The van der Waals surface area contributed by atoms with Crippen LogP contribution in [0, 0.1) is 5.82 Å². The third kappa shape index (κ3) is 3.17. The van der Waals surface area contributed by atoms with Crippen molar-refractivity contribution in [2.75, 3.05) is 0 Å². The molecule has 0 spiro atoms. The number of carbonyl (C=O) groups is 1. The molecule has 3 rings (SSSR count). The van der Waals surface area contributed by atoms with Crippen molar-refractivity contribution in [1.29, 1.82) is 0 Å². The fraction of sp³-hybridized carbons (Fsp3) is 0.188. The van der Waals surface area contributed by atoms with E-state index >= 15 is 0 Å². The predicted octanol–water partition coefficient (Wildman–Crippen LogP) is 2.94. The van der Waals surface area contributed by atoms with E-state index in [1.165, 1.54) is 12.1 Å². The van der Waals surface area contributed by atoms with Gasteiger partial charge in [-0.05, 0) is 31.2 Å². The van der Waals surface area contributed by atoms with Crippen LogP contribution in [0.25, 0.3) is 5.65 Å². The fourth-order valence-corrected chi connectivity index (χ4v) is 2.60. The van der Waals surface area contributed by atoms with Crippen molar-refractivity contribution < 1.29 is 9.18 Å². The number of halogens is 2. The smallest absolute Gasteiger partial charge is 0.225 e. The third-order valence-corrected chi connectivity index (χ3v) is 3.86. The number of amides is 1. The average Bonchev–Trinajstić information content (AvgIpc) is 2.95. The molecule has 23 heavy (non-hydrogen) atoms. The van der Waals surface area contributed by atoms with Crippen LogP contribution in [-0.2, 0) is 11.2 Å². The van der Waals surface area contributed by atoms with Gasteiger partial charge in [-0.3, -0.25) is 9.20 Å². The first kappa shape index (κ1) is 15.4. The van der Waals surface area contributed by atoms with E-state index in [0.717, 1.165) is 0 Å². The van der Waals surface area contributed by atoms with Crippen LogP contribution in [0.3, 0.4) is 0 Å². The molecule has 118 valence electrons. The summed E-state index contributed by atoms with van der Waals surface area (Å²) in [6.45, 7) is 1.80. The summed E-state index contributed by atoms with van der Waals surface area (Å²) in [5.74, 6) is -0.223. The van der Waals surface area contributed by atoms with Gasteiger partial charge >= 0.3 is 0 Å². The average molecular weight is 333 g/mol. The molecule has 0 aliphatic heterocycles. The molecule has 0 aliphatic carbocycles. The van der Waals surface area contributed by atoms with Crippen molar-refractivity contribution in [2.45, 2.75) is 19.4 Å². The zero-order chi connectivity index (χ0) is 16.4. The van der Waals surface area contributed by atoms with Crippen LogP contribution in [-0.4, -0.2) is 20.5 Å². The summed E-state index contributed by atoms with van der Waals surface area (Å²) in [4.78, 5) is 12.2. The van der Waals surface area contributed by atoms with Gasteiger partial charge in [-0.1, -0.05) is 23.7 Å². The number of nitrogens with one attached hydrogen (secondary N) is 1. The molecule has 2 heterocycles. The highest BCUT2D eigenvalue weighted by Gasteiger charge is 2.17. The van der Waals surface area contributed by atoms with E-state index in [1.54, 1.807) is 17.4 Å². The van der Waals surface area contributed by atoms with Crippen molar-refractivity contribution in [3.8, 4) is 0 Å². The standard InChI is InChI=1S/C16H14ClFN4O/c1-10(16-21-20-14-7-2-3-8-22(14)16)19-15(23)9-11-12(17)5-4-6-13(11)18/h2-8,10H,9H2,1H3,(H,19,23). The second kappa shape index (κ2) is 6.34. The van der Waals surface area contributed by atoms with Crippen LogP contribution in [0.5, 0.6) is 0 Å². The highest BCUT2D eigenvalue weighted by atomic mass is 35.5. The van der Waals surface area contributed by atoms with Crippen LogP contribution in [0.4, 0.5) is 4.39 Å². The molecule has 0 radical (unpaired) electrons. The van der Waals surface area contributed by atoms with E-state index in [0.29, 0.717) is 11.5 Å². The SMILES string of the molecule is CC(NC(=O)Cc1c(F)cccc1Cl)c1nnc2ccccn12. The third-order valence-electron chi connectivity index (χ3n) is 3.50. The number of benzene rings is 1. The normalized spacial score (nSPS) is 12.3. The molecular formula is C16H14ClFN4O. The number of hydrogen-bond donors (Lipinski definition) is 1. The lowest BCUT2D eigenvalue weighted by molar-refractivity contribution is -0.121. The lowest BCUT2D eigenvalue weighted by Gasteiger charge is -2.13. The van der Waals surface area contributed by atoms with Crippen LogP contribution >= 0.6 is 11.6 Å². The van der Waals surface area contributed by atoms with Gasteiger partial charge in [0, 0.05) is 16.8 Å². The molecule has 1 atom stereocenters. The van der Waals surface area contributed by atoms with Gasteiger partial charge in [-0.25, -0.2) is 4.39 Å². The number of hydrogen-bond acceptors (Lipinski definition) is 3. The van der Waals surface area contributed by atoms with Crippen LogP contribution in [0.15, 0.2) is 42.6 Å². The van der Waals surface area contributed by atoms with Crippen LogP contribution < -0.4 is 5.32 Å². The Morgan fingerprint density at radius 1 is 1.30 bits per heavy atom. The number of aromatic nitrogens is 3. The zero-order valence-electron chi connectivity index (χ0n) is 12.3. The summed E-state index contributed by atoms with van der Waals surface area (Å²) in [6.07, 6.45) is 1.69. The number of carbonyl (C=O) groups excluding carboxylic acids is 1. The Morgan fingerprint density at radius 2 is 2.13 bits per heavy atom. The second-order valence-corrected chi connectivity index (χ2v) is 5.56. The topological polar surface area (TPSA) is 59.3 Å². The molecule has 1 N–H and O–H groups in total. The Bertz CT molecular complexity index is 844. The first-order valence-corrected chi connectivity index (χ1v) is 7.46. The lowest BCUT2D eigenvalue weighted by atomic mass is 10.1. The van der Waals surface area contributed by atoms with E-state index in [9.17, 15) is 9.18 Å². The molecule has 7 heteroatoms.